The minimum atomic E-state index is -0.858. The molecule has 2 bridgehead atoms. The van der Waals surface area contributed by atoms with Gasteiger partial charge in [0, 0.05) is 12.1 Å². The zero-order chi connectivity index (χ0) is 22.5. The predicted molar refractivity (Wildman–Crippen MR) is 114 cm³/mol. The quantitative estimate of drug-likeness (QED) is 0.624. The smallest absolute Gasteiger partial charge is 0.243 e. The fourth-order valence-corrected chi connectivity index (χ4v) is 5.80. The van der Waals surface area contributed by atoms with Crippen LogP contribution in [0.15, 0.2) is 22.7 Å². The Bertz CT molecular complexity index is 952. The second-order valence-corrected chi connectivity index (χ2v) is 9.47. The average Bonchev–Trinajstić information content (AvgIpc) is 3.56. The van der Waals surface area contributed by atoms with Gasteiger partial charge in [-0.3, -0.25) is 14.4 Å². The van der Waals surface area contributed by atoms with Crippen LogP contribution in [0.3, 0.4) is 0 Å². The van der Waals surface area contributed by atoms with Gasteiger partial charge < -0.3 is 24.8 Å². The van der Waals surface area contributed by atoms with E-state index in [4.69, 9.17) is 9.26 Å². The number of aromatic nitrogens is 1. The van der Waals surface area contributed by atoms with Gasteiger partial charge in [-0.15, -0.1) is 0 Å². The van der Waals surface area contributed by atoms with Gasteiger partial charge in [-0.25, -0.2) is 0 Å². The molecule has 3 fully saturated rings. The number of rotatable bonds is 7. The van der Waals surface area contributed by atoms with Crippen LogP contribution in [0, 0.1) is 18.8 Å². The van der Waals surface area contributed by atoms with Crippen LogP contribution in [0.4, 0.5) is 5.82 Å². The van der Waals surface area contributed by atoms with Crippen molar-refractivity contribution in [3.63, 3.8) is 0 Å². The van der Waals surface area contributed by atoms with E-state index in [2.05, 4.69) is 15.8 Å². The lowest BCUT2D eigenvalue weighted by molar-refractivity contribution is -0.142. The molecule has 3 amide bonds. The highest BCUT2D eigenvalue weighted by Crippen LogP contribution is 2.52. The summed E-state index contributed by atoms with van der Waals surface area (Å²) in [6.45, 7) is 4.04. The molecule has 3 aliphatic heterocycles. The Morgan fingerprint density at radius 1 is 1.34 bits per heavy atom. The first-order valence-corrected chi connectivity index (χ1v) is 11.6. The van der Waals surface area contributed by atoms with Gasteiger partial charge in [-0.2, -0.15) is 0 Å². The van der Waals surface area contributed by atoms with Crippen molar-refractivity contribution in [3.05, 3.63) is 24.0 Å². The van der Waals surface area contributed by atoms with Gasteiger partial charge in [-0.05, 0) is 26.2 Å². The molecule has 4 heterocycles. The minimum Gasteiger partial charge on any atom is -0.360 e. The van der Waals surface area contributed by atoms with Crippen LogP contribution in [0.25, 0.3) is 0 Å². The monoisotopic (exact) mass is 442 g/mol. The molecule has 1 saturated carbocycles. The van der Waals surface area contributed by atoms with Crippen molar-refractivity contribution in [3.8, 4) is 0 Å². The second-order valence-electron chi connectivity index (χ2n) is 9.47. The second kappa shape index (κ2) is 8.03. The summed E-state index contributed by atoms with van der Waals surface area (Å²) in [7, 11) is 0. The molecule has 2 N–H and O–H groups in total. The summed E-state index contributed by atoms with van der Waals surface area (Å²) in [5.41, 5.74) is -0.858. The van der Waals surface area contributed by atoms with Gasteiger partial charge in [-0.1, -0.05) is 43.5 Å². The molecule has 5 atom stereocenters. The molecule has 1 aliphatic carbocycles. The largest absolute Gasteiger partial charge is 0.360 e. The molecular weight excluding hydrogens is 412 g/mol. The van der Waals surface area contributed by atoms with Gasteiger partial charge in [0.25, 0.3) is 0 Å². The molecule has 0 radical (unpaired) electrons. The zero-order valence-corrected chi connectivity index (χ0v) is 18.5. The number of nitrogens with zero attached hydrogens (tertiary/aromatic N) is 2. The highest BCUT2D eigenvalue weighted by molar-refractivity contribution is 6.00. The Kier molecular flexibility index (Phi) is 5.31. The number of hydrogen-bond donors (Lipinski definition) is 2. The molecule has 1 aromatic heterocycles. The third-order valence-electron chi connectivity index (χ3n) is 7.25. The Morgan fingerprint density at radius 3 is 2.81 bits per heavy atom. The maximum Gasteiger partial charge on any atom is 0.243 e. The zero-order valence-electron chi connectivity index (χ0n) is 18.5. The van der Waals surface area contributed by atoms with Gasteiger partial charge >= 0.3 is 0 Å². The van der Waals surface area contributed by atoms with Crippen molar-refractivity contribution in [2.45, 2.75) is 76.2 Å². The molecule has 1 aromatic rings. The van der Waals surface area contributed by atoms with Gasteiger partial charge in [0.2, 0.25) is 17.7 Å². The fourth-order valence-electron chi connectivity index (χ4n) is 5.80. The highest BCUT2D eigenvalue weighted by Gasteiger charge is 2.67. The molecule has 0 aromatic carbocycles. The van der Waals surface area contributed by atoms with Crippen LogP contribution >= 0.6 is 0 Å². The van der Waals surface area contributed by atoms with Crippen LogP contribution in [0.2, 0.25) is 0 Å². The van der Waals surface area contributed by atoms with Crippen molar-refractivity contribution in [2.24, 2.45) is 11.8 Å². The maximum absolute atomic E-state index is 13.6. The SMILES string of the molecule is CCC[C@H](C(=O)NC1CCCC1)N1C[C@@]23C=C[C@@H](O2)[C@H](C(=O)Nc2cc(C)on2)[C@H]3C1=O. The number of fused-ring (bicyclic) bond motifs is 1. The first kappa shape index (κ1) is 21.2. The number of nitrogens with one attached hydrogen (secondary N) is 2. The highest BCUT2D eigenvalue weighted by atomic mass is 16.5. The lowest BCUT2D eigenvalue weighted by Crippen LogP contribution is -2.51. The predicted octanol–water partition coefficient (Wildman–Crippen LogP) is 1.93. The van der Waals surface area contributed by atoms with E-state index in [9.17, 15) is 14.4 Å². The lowest BCUT2D eigenvalue weighted by atomic mass is 9.77. The average molecular weight is 443 g/mol. The number of carbonyl (C=O) groups is 3. The molecule has 1 spiro atoms. The number of anilines is 1. The van der Waals surface area contributed by atoms with Gasteiger partial charge in [0.1, 0.15) is 17.4 Å². The van der Waals surface area contributed by atoms with Crippen LogP contribution in [-0.2, 0) is 19.1 Å². The summed E-state index contributed by atoms with van der Waals surface area (Å²) in [6, 6.07) is 1.27. The summed E-state index contributed by atoms with van der Waals surface area (Å²) in [5.74, 6) is -1.03. The normalized spacial score (nSPS) is 31.9. The topological polar surface area (TPSA) is 114 Å². The van der Waals surface area contributed by atoms with Crippen molar-refractivity contribution >= 4 is 23.5 Å². The van der Waals surface area contributed by atoms with E-state index in [1.165, 1.54) is 0 Å². The summed E-state index contributed by atoms with van der Waals surface area (Å²) < 4.78 is 11.2. The Balaban J connectivity index is 1.36. The van der Waals surface area contributed by atoms with Crippen LogP contribution < -0.4 is 10.6 Å². The number of ether oxygens (including phenoxy) is 1. The van der Waals surface area contributed by atoms with E-state index < -0.39 is 29.6 Å². The van der Waals surface area contributed by atoms with Crippen molar-refractivity contribution in [1.82, 2.24) is 15.4 Å². The third kappa shape index (κ3) is 3.43. The van der Waals surface area contributed by atoms with E-state index in [0.29, 0.717) is 24.5 Å². The molecule has 172 valence electrons. The Labute approximate surface area is 186 Å². The summed E-state index contributed by atoms with van der Waals surface area (Å²) in [6.07, 6.45) is 8.88. The van der Waals surface area contributed by atoms with E-state index in [1.807, 2.05) is 19.1 Å². The summed E-state index contributed by atoms with van der Waals surface area (Å²) in [5, 5.41) is 9.72. The van der Waals surface area contributed by atoms with E-state index in [0.717, 1.165) is 32.1 Å². The number of aryl methyl sites for hydroxylation is 1. The van der Waals surface area contributed by atoms with Gasteiger partial charge in [0.15, 0.2) is 5.82 Å². The first-order chi connectivity index (χ1) is 15.4. The van der Waals surface area contributed by atoms with E-state index >= 15 is 0 Å². The van der Waals surface area contributed by atoms with Crippen LogP contribution in [0.5, 0.6) is 0 Å². The third-order valence-corrected chi connectivity index (χ3v) is 7.25. The Morgan fingerprint density at radius 2 is 2.12 bits per heavy atom. The van der Waals surface area contributed by atoms with Crippen molar-refractivity contribution in [2.75, 3.05) is 11.9 Å². The molecule has 2 saturated heterocycles. The molecule has 9 heteroatoms. The summed E-state index contributed by atoms with van der Waals surface area (Å²) >= 11 is 0. The standard InChI is InChI=1S/C23H30N4O5/c1-3-6-15(20(28)24-14-7-4-5-8-14)27-12-23-10-9-16(31-23)18(19(23)22(27)30)21(29)25-17-11-13(2)32-26-17/h9-11,14-16,18-19H,3-8,12H2,1-2H3,(H,24,28)(H,25,26,29)/t15-,16-,18+,19+,23-/m1/s1. The van der Waals surface area contributed by atoms with Crippen molar-refractivity contribution < 1.29 is 23.6 Å². The lowest BCUT2D eigenvalue weighted by Gasteiger charge is -2.30. The molecule has 9 nitrogen and oxygen atoms in total. The van der Waals surface area contributed by atoms with Gasteiger partial charge in [0.05, 0.1) is 24.5 Å². The molecule has 5 rings (SSSR count). The number of hydrogen-bond acceptors (Lipinski definition) is 6. The molecule has 4 aliphatic rings. The molecule has 32 heavy (non-hydrogen) atoms. The fraction of sp³-hybridized carbons (Fsp3) is 0.652. The number of likely N-dealkylation sites (tertiary alicyclic amines) is 1. The number of carbonyl (C=O) groups excluding carboxylic acids is 3. The van der Waals surface area contributed by atoms with Crippen LogP contribution in [0.1, 0.15) is 51.2 Å². The minimum absolute atomic E-state index is 0.0962. The van der Waals surface area contributed by atoms with Crippen LogP contribution in [-0.4, -0.2) is 58.1 Å². The first-order valence-electron chi connectivity index (χ1n) is 11.6. The van der Waals surface area contributed by atoms with Crippen molar-refractivity contribution in [1.29, 1.82) is 0 Å². The van der Waals surface area contributed by atoms with E-state index in [-0.39, 0.29) is 23.8 Å². The number of amides is 3. The maximum atomic E-state index is 13.6. The molecular formula is C23H30N4O5. The van der Waals surface area contributed by atoms with E-state index in [1.54, 1.807) is 17.9 Å². The summed E-state index contributed by atoms with van der Waals surface area (Å²) in [4.78, 5) is 41.5. The Hall–Kier alpha value is -2.68. The molecule has 0 unspecified atom stereocenters.